The molecule has 0 aliphatic carbocycles. The molecule has 0 bridgehead atoms. The molecule has 0 unspecified atom stereocenters. The topological polar surface area (TPSA) is 71.5 Å². The largest absolute Gasteiger partial charge is 0.495 e. The summed E-state index contributed by atoms with van der Waals surface area (Å²) in [5.74, 6) is -0.435. The van der Waals surface area contributed by atoms with Crippen LogP contribution in [0.4, 0.5) is 10.7 Å². The van der Waals surface area contributed by atoms with Gasteiger partial charge in [0, 0.05) is 4.47 Å². The molecule has 94 valence electrons. The molecule has 18 heavy (non-hydrogen) atoms. The van der Waals surface area contributed by atoms with Crippen molar-refractivity contribution in [1.29, 1.82) is 0 Å². The SMILES string of the molecule is COc1ccc(Br)cc1Nc1scnc1C(=O)O. The number of aromatic nitrogens is 1. The second-order valence-corrected chi connectivity index (χ2v) is 5.08. The van der Waals surface area contributed by atoms with Crippen molar-refractivity contribution >= 4 is 43.9 Å². The van der Waals surface area contributed by atoms with Crippen LogP contribution >= 0.6 is 27.3 Å². The van der Waals surface area contributed by atoms with Crippen molar-refractivity contribution in [1.82, 2.24) is 4.98 Å². The Balaban J connectivity index is 2.36. The van der Waals surface area contributed by atoms with E-state index in [2.05, 4.69) is 26.2 Å². The van der Waals surface area contributed by atoms with Gasteiger partial charge in [0.2, 0.25) is 0 Å². The van der Waals surface area contributed by atoms with Gasteiger partial charge in [0.25, 0.3) is 0 Å². The maximum absolute atomic E-state index is 11.0. The average molecular weight is 329 g/mol. The molecule has 0 aliphatic heterocycles. The fraction of sp³-hybridized carbons (Fsp3) is 0.0909. The lowest BCUT2D eigenvalue weighted by molar-refractivity contribution is 0.0692. The molecule has 0 atom stereocenters. The standard InChI is InChI=1S/C11H9BrN2O3S/c1-17-8-3-2-6(12)4-7(8)14-10-9(11(15)16)13-5-18-10/h2-5,14H,1H3,(H,15,16). The van der Waals surface area contributed by atoms with Crippen LogP contribution in [0, 0.1) is 0 Å². The molecule has 1 heterocycles. The predicted molar refractivity (Wildman–Crippen MR) is 73.1 cm³/mol. The van der Waals surface area contributed by atoms with E-state index in [-0.39, 0.29) is 5.69 Å². The van der Waals surface area contributed by atoms with Crippen LogP contribution in [0.3, 0.4) is 0 Å². The average Bonchev–Trinajstić information content (AvgIpc) is 2.77. The van der Waals surface area contributed by atoms with Crippen LogP contribution in [0.2, 0.25) is 0 Å². The van der Waals surface area contributed by atoms with Crippen LogP contribution in [0.25, 0.3) is 0 Å². The molecule has 7 heteroatoms. The van der Waals surface area contributed by atoms with Crippen LogP contribution in [0.1, 0.15) is 10.5 Å². The second-order valence-electron chi connectivity index (χ2n) is 3.30. The molecule has 5 nitrogen and oxygen atoms in total. The number of carbonyl (C=O) groups is 1. The highest BCUT2D eigenvalue weighted by molar-refractivity contribution is 9.10. The summed E-state index contributed by atoms with van der Waals surface area (Å²) in [4.78, 5) is 14.8. The van der Waals surface area contributed by atoms with Crippen LogP contribution in [0.5, 0.6) is 5.75 Å². The van der Waals surface area contributed by atoms with Gasteiger partial charge in [0.15, 0.2) is 5.69 Å². The predicted octanol–water partition coefficient (Wildman–Crippen LogP) is 3.36. The number of anilines is 2. The number of hydrogen-bond donors (Lipinski definition) is 2. The Morgan fingerprint density at radius 2 is 2.33 bits per heavy atom. The molecule has 0 spiro atoms. The highest BCUT2D eigenvalue weighted by Crippen LogP contribution is 2.33. The highest BCUT2D eigenvalue weighted by atomic mass is 79.9. The summed E-state index contributed by atoms with van der Waals surface area (Å²) in [7, 11) is 1.55. The molecular formula is C11H9BrN2O3S. The minimum atomic E-state index is -1.06. The highest BCUT2D eigenvalue weighted by Gasteiger charge is 2.15. The Kier molecular flexibility index (Phi) is 3.83. The van der Waals surface area contributed by atoms with E-state index in [9.17, 15) is 4.79 Å². The van der Waals surface area contributed by atoms with E-state index in [1.807, 2.05) is 12.1 Å². The van der Waals surface area contributed by atoms with Crippen molar-refractivity contribution in [2.75, 3.05) is 12.4 Å². The van der Waals surface area contributed by atoms with Gasteiger partial charge in [-0.3, -0.25) is 0 Å². The molecule has 1 aromatic carbocycles. The first-order chi connectivity index (χ1) is 8.61. The summed E-state index contributed by atoms with van der Waals surface area (Å²) in [6.07, 6.45) is 0. The quantitative estimate of drug-likeness (QED) is 0.900. The number of nitrogens with one attached hydrogen (secondary N) is 1. The van der Waals surface area contributed by atoms with Crippen LogP contribution in [-0.4, -0.2) is 23.2 Å². The Bertz CT molecular complexity index is 585. The fourth-order valence-corrected chi connectivity index (χ4v) is 2.43. The maximum atomic E-state index is 11.0. The van der Waals surface area contributed by atoms with Gasteiger partial charge in [0.05, 0.1) is 18.3 Å². The first kappa shape index (κ1) is 12.8. The van der Waals surface area contributed by atoms with Gasteiger partial charge >= 0.3 is 5.97 Å². The van der Waals surface area contributed by atoms with Crippen molar-refractivity contribution in [3.63, 3.8) is 0 Å². The molecule has 2 rings (SSSR count). The van der Waals surface area contributed by atoms with Crippen molar-refractivity contribution < 1.29 is 14.6 Å². The smallest absolute Gasteiger partial charge is 0.357 e. The summed E-state index contributed by atoms with van der Waals surface area (Å²) >= 11 is 4.58. The summed E-state index contributed by atoms with van der Waals surface area (Å²) in [5, 5.41) is 12.5. The van der Waals surface area contributed by atoms with Crippen molar-refractivity contribution in [2.24, 2.45) is 0 Å². The van der Waals surface area contributed by atoms with Crippen LogP contribution < -0.4 is 10.1 Å². The molecule has 0 saturated carbocycles. The molecule has 0 saturated heterocycles. The van der Waals surface area contributed by atoms with Crippen LogP contribution in [0.15, 0.2) is 28.2 Å². The van der Waals surface area contributed by atoms with Gasteiger partial charge in [-0.2, -0.15) is 0 Å². The molecular weight excluding hydrogens is 320 g/mol. The van der Waals surface area contributed by atoms with Gasteiger partial charge in [-0.25, -0.2) is 9.78 Å². The minimum absolute atomic E-state index is 0.00188. The number of hydrogen-bond acceptors (Lipinski definition) is 5. The van der Waals surface area contributed by atoms with E-state index in [0.717, 1.165) is 4.47 Å². The lowest BCUT2D eigenvalue weighted by Gasteiger charge is -2.10. The Hall–Kier alpha value is -1.60. The zero-order valence-electron chi connectivity index (χ0n) is 9.31. The number of aromatic carboxylic acids is 1. The number of carboxylic acids is 1. The van der Waals surface area contributed by atoms with Gasteiger partial charge in [-0.05, 0) is 18.2 Å². The van der Waals surface area contributed by atoms with E-state index in [0.29, 0.717) is 16.4 Å². The third kappa shape index (κ3) is 2.62. The van der Waals surface area contributed by atoms with Crippen LogP contribution in [-0.2, 0) is 0 Å². The molecule has 2 aromatic rings. The lowest BCUT2D eigenvalue weighted by atomic mass is 10.3. The molecule has 0 fully saturated rings. The fourth-order valence-electron chi connectivity index (χ4n) is 1.39. The number of ether oxygens (including phenoxy) is 1. The number of carboxylic acid groups (broad SMARTS) is 1. The lowest BCUT2D eigenvalue weighted by Crippen LogP contribution is -2.01. The number of rotatable bonds is 4. The third-order valence-corrected chi connectivity index (χ3v) is 3.41. The van der Waals surface area contributed by atoms with Gasteiger partial charge in [0.1, 0.15) is 10.8 Å². The molecule has 0 amide bonds. The van der Waals surface area contributed by atoms with E-state index in [4.69, 9.17) is 9.84 Å². The number of thiazole rings is 1. The maximum Gasteiger partial charge on any atom is 0.357 e. The second kappa shape index (κ2) is 5.36. The molecule has 1 aromatic heterocycles. The zero-order chi connectivity index (χ0) is 13.1. The monoisotopic (exact) mass is 328 g/mol. The van der Waals surface area contributed by atoms with Gasteiger partial charge in [-0.1, -0.05) is 15.9 Å². The van der Waals surface area contributed by atoms with E-state index in [1.54, 1.807) is 13.2 Å². The summed E-state index contributed by atoms with van der Waals surface area (Å²) in [5.41, 5.74) is 2.16. The van der Waals surface area contributed by atoms with E-state index in [1.165, 1.54) is 16.8 Å². The van der Waals surface area contributed by atoms with E-state index >= 15 is 0 Å². The van der Waals surface area contributed by atoms with Crippen molar-refractivity contribution in [3.05, 3.63) is 33.9 Å². The van der Waals surface area contributed by atoms with Crippen molar-refractivity contribution in [2.45, 2.75) is 0 Å². The normalized spacial score (nSPS) is 10.1. The number of methoxy groups -OCH3 is 1. The zero-order valence-corrected chi connectivity index (χ0v) is 11.7. The first-order valence-corrected chi connectivity index (χ1v) is 6.56. The Morgan fingerprint density at radius 3 is 3.00 bits per heavy atom. The summed E-state index contributed by atoms with van der Waals surface area (Å²) in [6, 6.07) is 5.44. The summed E-state index contributed by atoms with van der Waals surface area (Å²) < 4.78 is 6.07. The van der Waals surface area contributed by atoms with Crippen molar-refractivity contribution in [3.8, 4) is 5.75 Å². The Morgan fingerprint density at radius 1 is 1.56 bits per heavy atom. The molecule has 2 N–H and O–H groups in total. The first-order valence-electron chi connectivity index (χ1n) is 4.89. The Labute approximate surface area is 116 Å². The number of halogens is 1. The third-order valence-electron chi connectivity index (χ3n) is 2.18. The van der Waals surface area contributed by atoms with E-state index < -0.39 is 5.97 Å². The molecule has 0 aliphatic rings. The van der Waals surface area contributed by atoms with Gasteiger partial charge in [-0.15, -0.1) is 11.3 Å². The number of benzene rings is 1. The summed E-state index contributed by atoms with van der Waals surface area (Å²) in [6.45, 7) is 0. The molecule has 0 radical (unpaired) electrons. The minimum Gasteiger partial charge on any atom is -0.495 e. The van der Waals surface area contributed by atoms with Gasteiger partial charge < -0.3 is 15.2 Å². The number of nitrogens with zero attached hydrogens (tertiary/aromatic N) is 1.